The minimum Gasteiger partial charge on any atom is -0.377 e. The van der Waals surface area contributed by atoms with Gasteiger partial charge in [-0.25, -0.2) is 4.68 Å². The summed E-state index contributed by atoms with van der Waals surface area (Å²) in [6.07, 6.45) is 4.36. The number of aromatic nitrogens is 3. The fraction of sp³-hybridized carbons (Fsp3) is 0.627. The molecule has 20 heteroatoms. The van der Waals surface area contributed by atoms with Gasteiger partial charge in [0.25, 0.3) is 0 Å². The highest BCUT2D eigenvalue weighted by Crippen LogP contribution is 2.48. The number of ether oxygens (including phenoxy) is 2. The minimum absolute atomic E-state index is 0.0205. The lowest BCUT2D eigenvalue weighted by molar-refractivity contribution is -0.144. The van der Waals surface area contributed by atoms with Crippen LogP contribution in [0.4, 0.5) is 0 Å². The molecule has 6 N–H and O–H groups in total. The number of hydrogen-bond acceptors (Lipinski definition) is 14. The summed E-state index contributed by atoms with van der Waals surface area (Å²) in [4.78, 5) is 73.6. The molecule has 3 aromatic rings. The predicted molar refractivity (Wildman–Crippen MR) is 276 cm³/mol. The molecule has 388 valence electrons. The summed E-state index contributed by atoms with van der Waals surface area (Å²) in [6.45, 7) is 13.8. The third kappa shape index (κ3) is 13.3. The van der Waals surface area contributed by atoms with Gasteiger partial charge in [-0.3, -0.25) is 24.0 Å². The molecule has 0 unspecified atom stereocenters. The number of benzene rings is 2. The summed E-state index contributed by atoms with van der Waals surface area (Å²) in [6, 6.07) is 15.6. The van der Waals surface area contributed by atoms with Crippen molar-refractivity contribution in [3.8, 4) is 0 Å². The van der Waals surface area contributed by atoms with E-state index in [1.54, 1.807) is 53.3 Å². The standard InChI is InChI=1S/C51H75N11O7S2/c1-32(52-7)27-54-37-19-23-70-41-25-50(3,4)43(61(41)48(37)66)46(64)56-39(34-15-11-9-12-16-34)30-68-22-21-60-28-36(58-59-60)29-69-31-40(35-17-13-10-14-18-35)57-47(65)44-51(5,6)26-42-62(44)49(67)38(20-24-71-42)55-45(63)33(2)53-8/h9-18,28,32-33,37-44,52-54H,19-27,29-31H2,1-8H3,(H,55,63)(H,56,64)(H,57,65)/t32-,33-,37-,38-,39+,40+,41-,42-,43+,44+/m0/s1. The average Bonchev–Trinajstić information content (AvgIpc) is 3.95. The normalized spacial score (nSPS) is 25.5. The van der Waals surface area contributed by atoms with Gasteiger partial charge in [0.2, 0.25) is 29.5 Å². The number of thioether (sulfide) groups is 2. The Balaban J connectivity index is 0.940. The van der Waals surface area contributed by atoms with Crippen LogP contribution in [-0.2, 0) is 46.6 Å². The molecule has 0 aliphatic carbocycles. The first-order valence-corrected chi connectivity index (χ1v) is 27.1. The second kappa shape index (κ2) is 24.4. The fourth-order valence-corrected chi connectivity index (χ4v) is 13.2. The van der Waals surface area contributed by atoms with E-state index in [1.165, 1.54) is 0 Å². The maximum absolute atomic E-state index is 14.4. The maximum Gasteiger partial charge on any atom is 0.246 e. The van der Waals surface area contributed by atoms with Crippen molar-refractivity contribution in [3.63, 3.8) is 0 Å². The molecule has 1 aromatic heterocycles. The molecule has 5 heterocycles. The quantitative estimate of drug-likeness (QED) is 0.0798. The molecule has 0 radical (unpaired) electrons. The molecular weight excluding hydrogens is 943 g/mol. The van der Waals surface area contributed by atoms with Crippen molar-refractivity contribution in [1.29, 1.82) is 0 Å². The van der Waals surface area contributed by atoms with Crippen LogP contribution in [0.2, 0.25) is 0 Å². The second-order valence-corrected chi connectivity index (χ2v) is 23.2. The molecule has 7 rings (SSSR count). The van der Waals surface area contributed by atoms with Gasteiger partial charge in [-0.05, 0) is 87.1 Å². The van der Waals surface area contributed by atoms with E-state index in [2.05, 4.69) is 63.0 Å². The Morgan fingerprint density at radius 1 is 0.746 bits per heavy atom. The molecule has 0 bridgehead atoms. The molecule has 10 atom stereocenters. The van der Waals surface area contributed by atoms with Crippen LogP contribution in [0.15, 0.2) is 66.9 Å². The lowest BCUT2D eigenvalue weighted by Crippen LogP contribution is -2.58. The Hall–Kier alpha value is -4.57. The summed E-state index contributed by atoms with van der Waals surface area (Å²) in [5.74, 6) is 0.528. The van der Waals surface area contributed by atoms with Crippen molar-refractivity contribution < 1.29 is 33.4 Å². The first kappa shape index (κ1) is 54.2. The third-order valence-corrected chi connectivity index (χ3v) is 16.8. The van der Waals surface area contributed by atoms with Gasteiger partial charge in [-0.2, -0.15) is 0 Å². The van der Waals surface area contributed by atoms with Crippen molar-refractivity contribution in [2.24, 2.45) is 10.8 Å². The van der Waals surface area contributed by atoms with Crippen LogP contribution >= 0.6 is 23.5 Å². The summed E-state index contributed by atoms with van der Waals surface area (Å²) in [5, 5.41) is 27.4. The number of nitrogens with zero attached hydrogens (tertiary/aromatic N) is 5. The second-order valence-electron chi connectivity index (χ2n) is 20.6. The number of likely N-dealkylation sites (N-methyl/N-ethyl adjacent to an activating group) is 2. The SMILES string of the molecule is CN[C@@H](C)C(=O)N[C@H]1CCS[C@H]2CC(C)(C)[C@@H](C(=O)N[C@H](COCc3cn(CCOC[C@@H](NC(=O)[C@H]4N5C(=O)[C@@H](NC[C@H](C)NC)CCS[C@H]5CC4(C)C)c4ccccc4)nn3)c3ccccc3)N2C1=O. The van der Waals surface area contributed by atoms with Crippen molar-refractivity contribution in [2.45, 2.75) is 139 Å². The van der Waals surface area contributed by atoms with Gasteiger partial charge in [-0.15, -0.1) is 28.6 Å². The lowest BCUT2D eigenvalue weighted by Gasteiger charge is -2.35. The molecule has 4 aliphatic heterocycles. The molecule has 0 spiro atoms. The molecule has 5 amide bonds. The van der Waals surface area contributed by atoms with E-state index in [0.29, 0.717) is 50.4 Å². The Bertz CT molecular complexity index is 2270. The molecule has 71 heavy (non-hydrogen) atoms. The summed E-state index contributed by atoms with van der Waals surface area (Å²) in [7, 11) is 3.60. The zero-order valence-corrected chi connectivity index (χ0v) is 44.2. The minimum atomic E-state index is -0.760. The van der Waals surface area contributed by atoms with Gasteiger partial charge >= 0.3 is 0 Å². The molecule has 0 saturated carbocycles. The van der Waals surface area contributed by atoms with E-state index in [0.717, 1.165) is 23.3 Å². The first-order valence-electron chi connectivity index (χ1n) is 25.0. The zero-order chi connectivity index (χ0) is 50.9. The Morgan fingerprint density at radius 3 is 1.80 bits per heavy atom. The summed E-state index contributed by atoms with van der Waals surface area (Å²) < 4.78 is 14.1. The highest BCUT2D eigenvalue weighted by molar-refractivity contribution is 8.00. The number of nitrogens with one attached hydrogen (secondary N) is 6. The van der Waals surface area contributed by atoms with Gasteiger partial charge in [0.1, 0.15) is 23.8 Å². The van der Waals surface area contributed by atoms with Crippen molar-refractivity contribution >= 4 is 53.1 Å². The van der Waals surface area contributed by atoms with Crippen LogP contribution in [0.1, 0.15) is 96.1 Å². The van der Waals surface area contributed by atoms with E-state index in [4.69, 9.17) is 9.47 Å². The zero-order valence-electron chi connectivity index (χ0n) is 42.5. The average molecular weight is 1020 g/mol. The number of rotatable bonds is 22. The number of fused-ring (bicyclic) bond motifs is 2. The summed E-state index contributed by atoms with van der Waals surface area (Å²) in [5.41, 5.74) is 1.38. The van der Waals surface area contributed by atoms with Crippen molar-refractivity contribution in [1.82, 2.24) is 56.7 Å². The fourth-order valence-electron chi connectivity index (χ4n) is 10.1. The van der Waals surface area contributed by atoms with E-state index >= 15 is 0 Å². The number of carbonyl (C=O) groups is 5. The number of hydrogen-bond donors (Lipinski definition) is 6. The van der Waals surface area contributed by atoms with Crippen LogP contribution < -0.4 is 31.9 Å². The molecular formula is C51H75N11O7S2. The van der Waals surface area contributed by atoms with Crippen LogP contribution in [0.25, 0.3) is 0 Å². The molecule has 18 nitrogen and oxygen atoms in total. The van der Waals surface area contributed by atoms with E-state index in [1.807, 2.05) is 86.5 Å². The third-order valence-electron chi connectivity index (χ3n) is 14.3. The molecule has 2 aromatic carbocycles. The van der Waals surface area contributed by atoms with Gasteiger partial charge < -0.3 is 51.2 Å². The highest BCUT2D eigenvalue weighted by Gasteiger charge is 2.56. The van der Waals surface area contributed by atoms with E-state index < -0.39 is 47.1 Å². The molecule has 4 saturated heterocycles. The Morgan fingerprint density at radius 2 is 1.27 bits per heavy atom. The predicted octanol–water partition coefficient (Wildman–Crippen LogP) is 3.37. The van der Waals surface area contributed by atoms with Crippen LogP contribution in [-0.4, -0.2) is 153 Å². The van der Waals surface area contributed by atoms with Crippen molar-refractivity contribution in [3.05, 3.63) is 83.7 Å². The number of amides is 5. The molecule has 4 fully saturated rings. The van der Waals surface area contributed by atoms with Crippen LogP contribution in [0.5, 0.6) is 0 Å². The van der Waals surface area contributed by atoms with Gasteiger partial charge in [0, 0.05) is 12.6 Å². The Labute approximate surface area is 427 Å². The van der Waals surface area contributed by atoms with Crippen molar-refractivity contribution in [2.75, 3.05) is 52.0 Å². The highest BCUT2D eigenvalue weighted by atomic mass is 32.2. The molecule has 4 aliphatic rings. The maximum atomic E-state index is 14.4. The lowest BCUT2D eigenvalue weighted by atomic mass is 9.83. The largest absolute Gasteiger partial charge is 0.377 e. The van der Waals surface area contributed by atoms with Gasteiger partial charge in [0.05, 0.1) is 74.1 Å². The van der Waals surface area contributed by atoms with Crippen LogP contribution in [0.3, 0.4) is 0 Å². The topological polar surface area (TPSA) is 213 Å². The van der Waals surface area contributed by atoms with Gasteiger partial charge in [0.15, 0.2) is 0 Å². The van der Waals surface area contributed by atoms with Gasteiger partial charge in [-0.1, -0.05) is 93.6 Å². The van der Waals surface area contributed by atoms with E-state index in [9.17, 15) is 24.0 Å². The first-order chi connectivity index (χ1) is 34.0. The van der Waals surface area contributed by atoms with E-state index in [-0.39, 0.29) is 72.2 Å². The monoisotopic (exact) mass is 1020 g/mol. The number of carbonyl (C=O) groups excluding carboxylic acids is 5. The Kier molecular flexibility index (Phi) is 18.7. The summed E-state index contributed by atoms with van der Waals surface area (Å²) >= 11 is 3.42. The smallest absolute Gasteiger partial charge is 0.246 e. The van der Waals surface area contributed by atoms with Crippen LogP contribution in [0, 0.1) is 10.8 Å².